The van der Waals surface area contributed by atoms with Crippen LogP contribution in [0.2, 0.25) is 0 Å². The van der Waals surface area contributed by atoms with Crippen molar-refractivity contribution in [3.05, 3.63) is 42.0 Å². The van der Waals surface area contributed by atoms with E-state index in [0.29, 0.717) is 12.1 Å². The van der Waals surface area contributed by atoms with Gasteiger partial charge in [-0.25, -0.2) is 0 Å². The van der Waals surface area contributed by atoms with Crippen LogP contribution in [0.3, 0.4) is 0 Å². The first-order valence-corrected chi connectivity index (χ1v) is 6.63. The number of nitrogens with one attached hydrogen (secondary N) is 1. The Morgan fingerprint density at radius 3 is 2.63 bits per heavy atom. The Bertz CT molecular complexity index is 530. The number of hydrogen-bond acceptors (Lipinski definition) is 3. The van der Waals surface area contributed by atoms with Gasteiger partial charge in [0.2, 0.25) is 0 Å². The summed E-state index contributed by atoms with van der Waals surface area (Å²) in [6.45, 7) is 1.67. The van der Waals surface area contributed by atoms with Crippen LogP contribution in [0.4, 0.5) is 0 Å². The number of hydrogen-bond donors (Lipinski definition) is 1. The summed E-state index contributed by atoms with van der Waals surface area (Å²) < 4.78 is 0. The van der Waals surface area contributed by atoms with E-state index in [1.54, 1.807) is 0 Å². The van der Waals surface area contributed by atoms with Crippen molar-refractivity contribution in [1.29, 1.82) is 0 Å². The summed E-state index contributed by atoms with van der Waals surface area (Å²) >= 11 is 0. The van der Waals surface area contributed by atoms with Gasteiger partial charge >= 0.3 is 0 Å². The number of amides is 2. The number of benzene rings is 1. The minimum Gasteiger partial charge on any atom is -0.315 e. The summed E-state index contributed by atoms with van der Waals surface area (Å²) in [5.41, 5.74) is 1.32. The van der Waals surface area contributed by atoms with E-state index in [1.807, 2.05) is 30.3 Å². The Labute approximate surface area is 112 Å². The maximum absolute atomic E-state index is 12.4. The lowest BCUT2D eigenvalue weighted by molar-refractivity contribution is -0.139. The smallest absolute Gasteiger partial charge is 0.261 e. The molecular formula is C15H16N2O2. The lowest BCUT2D eigenvalue weighted by Gasteiger charge is -2.30. The summed E-state index contributed by atoms with van der Waals surface area (Å²) in [6.07, 6.45) is 3.36. The molecule has 1 unspecified atom stereocenters. The molecule has 2 aliphatic heterocycles. The highest BCUT2D eigenvalue weighted by Gasteiger charge is 2.37. The molecule has 0 saturated carbocycles. The molecule has 2 amide bonds. The van der Waals surface area contributed by atoms with Crippen molar-refractivity contribution in [2.75, 3.05) is 13.1 Å². The predicted octanol–water partition coefficient (Wildman–Crippen LogP) is 1.19. The molecule has 0 aromatic heterocycles. The molecular weight excluding hydrogens is 240 g/mol. The minimum atomic E-state index is -0.183. The third kappa shape index (κ3) is 2.19. The van der Waals surface area contributed by atoms with Gasteiger partial charge in [-0.15, -0.1) is 0 Å². The van der Waals surface area contributed by atoms with Gasteiger partial charge in [0.15, 0.2) is 0 Å². The standard InChI is InChI=1S/C15H16N2O2/c18-14-9-13(11-5-2-1-3-6-11)15(19)17(14)12-7-4-8-16-10-12/h1-3,5-6,9,12,16H,4,7-8,10H2. The normalized spacial score (nSPS) is 23.7. The first-order valence-electron chi connectivity index (χ1n) is 6.63. The van der Waals surface area contributed by atoms with Gasteiger partial charge in [0.1, 0.15) is 0 Å². The lowest BCUT2D eigenvalue weighted by Crippen LogP contribution is -2.48. The zero-order valence-corrected chi connectivity index (χ0v) is 10.6. The Balaban J connectivity index is 1.85. The summed E-state index contributed by atoms with van der Waals surface area (Å²) in [5.74, 6) is -0.345. The molecule has 1 N–H and O–H groups in total. The van der Waals surface area contributed by atoms with Crippen molar-refractivity contribution < 1.29 is 9.59 Å². The highest BCUT2D eigenvalue weighted by Crippen LogP contribution is 2.26. The minimum absolute atomic E-state index is 0.00814. The van der Waals surface area contributed by atoms with Crippen LogP contribution in [-0.4, -0.2) is 35.8 Å². The zero-order chi connectivity index (χ0) is 13.2. The zero-order valence-electron chi connectivity index (χ0n) is 10.6. The predicted molar refractivity (Wildman–Crippen MR) is 72.2 cm³/mol. The molecule has 4 nitrogen and oxygen atoms in total. The number of piperidine rings is 1. The molecule has 0 bridgehead atoms. The third-order valence-electron chi connectivity index (χ3n) is 3.68. The fourth-order valence-electron chi connectivity index (χ4n) is 2.71. The molecule has 19 heavy (non-hydrogen) atoms. The summed E-state index contributed by atoms with van der Waals surface area (Å²) in [6, 6.07) is 9.36. The number of rotatable bonds is 2. The van der Waals surface area contributed by atoms with Gasteiger partial charge < -0.3 is 5.32 Å². The van der Waals surface area contributed by atoms with Gasteiger partial charge in [-0.2, -0.15) is 0 Å². The molecule has 1 fully saturated rings. The number of nitrogens with zero attached hydrogens (tertiary/aromatic N) is 1. The molecule has 4 heteroatoms. The highest BCUT2D eigenvalue weighted by molar-refractivity contribution is 6.33. The van der Waals surface area contributed by atoms with Crippen molar-refractivity contribution in [2.24, 2.45) is 0 Å². The molecule has 2 heterocycles. The molecule has 98 valence electrons. The maximum Gasteiger partial charge on any atom is 0.261 e. The van der Waals surface area contributed by atoms with Gasteiger partial charge in [0, 0.05) is 12.6 Å². The quantitative estimate of drug-likeness (QED) is 0.809. The molecule has 1 saturated heterocycles. The van der Waals surface area contributed by atoms with Crippen molar-refractivity contribution in [2.45, 2.75) is 18.9 Å². The van der Waals surface area contributed by atoms with Gasteiger partial charge in [-0.1, -0.05) is 30.3 Å². The SMILES string of the molecule is O=C1C=C(c2ccccc2)C(=O)N1C1CCCNC1. The highest BCUT2D eigenvalue weighted by atomic mass is 16.2. The molecule has 0 spiro atoms. The fraction of sp³-hybridized carbons (Fsp3) is 0.333. The lowest BCUT2D eigenvalue weighted by atomic mass is 10.0. The Morgan fingerprint density at radius 1 is 1.16 bits per heavy atom. The van der Waals surface area contributed by atoms with Crippen LogP contribution in [0, 0.1) is 0 Å². The van der Waals surface area contributed by atoms with Crippen LogP contribution in [-0.2, 0) is 9.59 Å². The van der Waals surface area contributed by atoms with Crippen molar-refractivity contribution in [1.82, 2.24) is 10.2 Å². The molecule has 0 radical (unpaired) electrons. The van der Waals surface area contributed by atoms with E-state index in [-0.39, 0.29) is 17.9 Å². The molecule has 3 rings (SSSR count). The first kappa shape index (κ1) is 12.1. The summed E-state index contributed by atoms with van der Waals surface area (Å²) in [5, 5.41) is 3.24. The summed E-state index contributed by atoms with van der Waals surface area (Å²) in [4.78, 5) is 25.9. The molecule has 0 aliphatic carbocycles. The molecule has 1 aromatic carbocycles. The second kappa shape index (κ2) is 4.97. The van der Waals surface area contributed by atoms with Crippen LogP contribution in [0.25, 0.3) is 5.57 Å². The van der Waals surface area contributed by atoms with Crippen LogP contribution in [0.5, 0.6) is 0 Å². The topological polar surface area (TPSA) is 49.4 Å². The van der Waals surface area contributed by atoms with E-state index in [2.05, 4.69) is 5.32 Å². The van der Waals surface area contributed by atoms with E-state index in [1.165, 1.54) is 11.0 Å². The van der Waals surface area contributed by atoms with Crippen molar-refractivity contribution in [3.63, 3.8) is 0 Å². The second-order valence-electron chi connectivity index (χ2n) is 4.94. The molecule has 2 aliphatic rings. The van der Waals surface area contributed by atoms with E-state index in [0.717, 1.165) is 24.9 Å². The van der Waals surface area contributed by atoms with E-state index >= 15 is 0 Å². The van der Waals surface area contributed by atoms with Crippen LogP contribution >= 0.6 is 0 Å². The second-order valence-corrected chi connectivity index (χ2v) is 4.94. The van der Waals surface area contributed by atoms with Gasteiger partial charge in [0.05, 0.1) is 11.6 Å². The average Bonchev–Trinajstić information content (AvgIpc) is 2.76. The van der Waals surface area contributed by atoms with Gasteiger partial charge in [-0.05, 0) is 24.9 Å². The number of carbonyl (C=O) groups excluding carboxylic acids is 2. The maximum atomic E-state index is 12.4. The van der Waals surface area contributed by atoms with Crippen molar-refractivity contribution >= 4 is 17.4 Å². The number of carbonyl (C=O) groups is 2. The Hall–Kier alpha value is -1.94. The van der Waals surface area contributed by atoms with Gasteiger partial charge in [-0.3, -0.25) is 14.5 Å². The van der Waals surface area contributed by atoms with Crippen LogP contribution in [0.1, 0.15) is 18.4 Å². The fourth-order valence-corrected chi connectivity index (χ4v) is 2.71. The van der Waals surface area contributed by atoms with E-state index in [4.69, 9.17) is 0 Å². The Kier molecular flexibility index (Phi) is 3.17. The van der Waals surface area contributed by atoms with E-state index in [9.17, 15) is 9.59 Å². The van der Waals surface area contributed by atoms with Gasteiger partial charge in [0.25, 0.3) is 11.8 Å². The molecule has 1 aromatic rings. The third-order valence-corrected chi connectivity index (χ3v) is 3.68. The summed E-state index contributed by atoms with van der Waals surface area (Å²) in [7, 11) is 0. The van der Waals surface area contributed by atoms with Crippen LogP contribution in [0.15, 0.2) is 36.4 Å². The number of imide groups is 1. The monoisotopic (exact) mass is 256 g/mol. The Morgan fingerprint density at radius 2 is 1.95 bits per heavy atom. The molecule has 1 atom stereocenters. The average molecular weight is 256 g/mol. The van der Waals surface area contributed by atoms with Crippen molar-refractivity contribution in [3.8, 4) is 0 Å². The van der Waals surface area contributed by atoms with E-state index < -0.39 is 0 Å². The van der Waals surface area contributed by atoms with Crippen LogP contribution < -0.4 is 5.32 Å². The largest absolute Gasteiger partial charge is 0.315 e. The first-order chi connectivity index (χ1) is 9.27.